The normalized spacial score (nSPS) is 15.8. The molecule has 0 bridgehead atoms. The van der Waals surface area contributed by atoms with Gasteiger partial charge >= 0.3 is 23.9 Å². The van der Waals surface area contributed by atoms with Gasteiger partial charge in [-0.3, -0.25) is 19.2 Å². The minimum atomic E-state index is -1.74. The predicted molar refractivity (Wildman–Crippen MR) is 234 cm³/mol. The molecular weight excluding hydrogens is 777 g/mol. The van der Waals surface area contributed by atoms with E-state index < -0.39 is 36.2 Å². The van der Waals surface area contributed by atoms with Crippen LogP contribution in [0.3, 0.4) is 0 Å². The van der Waals surface area contributed by atoms with Crippen molar-refractivity contribution in [2.45, 2.75) is 186 Å². The summed E-state index contributed by atoms with van der Waals surface area (Å²) in [7, 11) is 0. The van der Waals surface area contributed by atoms with Gasteiger partial charge in [0, 0.05) is 35.8 Å². The average Bonchev–Trinajstić information content (AvgIpc) is 3.62. The quantitative estimate of drug-likeness (QED) is 0.0315. The van der Waals surface area contributed by atoms with E-state index in [-0.39, 0.29) is 44.0 Å². The van der Waals surface area contributed by atoms with Gasteiger partial charge in [0.1, 0.15) is 13.2 Å². The van der Waals surface area contributed by atoms with Crippen molar-refractivity contribution < 1.29 is 43.2 Å². The van der Waals surface area contributed by atoms with Crippen molar-refractivity contribution in [1.82, 2.24) is 9.55 Å². The van der Waals surface area contributed by atoms with Crippen molar-refractivity contribution in [3.63, 3.8) is 0 Å². The Bertz CT molecular complexity index is 1970. The maximum absolute atomic E-state index is 13.8. The number of hydrogen-bond acceptors (Lipinski definition) is 11. The zero-order valence-corrected chi connectivity index (χ0v) is 36.6. The number of benzene rings is 1. The first-order valence-corrected chi connectivity index (χ1v) is 23.2. The molecule has 12 heteroatoms. The number of esters is 4. The Balaban J connectivity index is 0.938. The Kier molecular flexibility index (Phi) is 19.3. The van der Waals surface area contributed by atoms with Crippen LogP contribution in [0.2, 0.25) is 0 Å². The topological polar surface area (TPSA) is 160 Å². The minimum Gasteiger partial charge on any atom is -0.462 e. The molecule has 1 aromatic carbocycles. The van der Waals surface area contributed by atoms with Crippen LogP contribution >= 0.6 is 0 Å². The molecule has 2 aliphatic rings. The number of rotatable bonds is 29. The molecule has 2 aliphatic heterocycles. The zero-order chi connectivity index (χ0) is 43.5. The van der Waals surface area contributed by atoms with Crippen LogP contribution in [0.4, 0.5) is 0 Å². The maximum atomic E-state index is 13.8. The Morgan fingerprint density at radius 1 is 0.770 bits per heavy atom. The largest absolute Gasteiger partial charge is 0.462 e. The van der Waals surface area contributed by atoms with Crippen molar-refractivity contribution in [3.8, 4) is 11.4 Å². The summed E-state index contributed by atoms with van der Waals surface area (Å²) in [5, 5.41) is 10.6. The molecule has 2 atom stereocenters. The number of hydrogen-bond donors (Lipinski definition) is 1. The van der Waals surface area contributed by atoms with Crippen molar-refractivity contribution >= 4 is 34.8 Å². The molecule has 0 spiro atoms. The highest BCUT2D eigenvalue weighted by Crippen LogP contribution is 2.41. The summed E-state index contributed by atoms with van der Waals surface area (Å²) in [5.41, 5.74) is 1.57. The van der Waals surface area contributed by atoms with E-state index in [2.05, 4.69) is 6.92 Å². The summed E-state index contributed by atoms with van der Waals surface area (Å²) >= 11 is 0. The fourth-order valence-electron chi connectivity index (χ4n) is 8.49. The van der Waals surface area contributed by atoms with Crippen molar-refractivity contribution in [2.24, 2.45) is 0 Å². The van der Waals surface area contributed by atoms with Crippen LogP contribution in [-0.2, 0) is 56.9 Å². The van der Waals surface area contributed by atoms with Crippen LogP contribution in [0.1, 0.15) is 178 Å². The van der Waals surface area contributed by atoms with Crippen LogP contribution in [0, 0.1) is 0 Å². The molecule has 0 aliphatic carbocycles. The minimum absolute atomic E-state index is 0.0724. The number of unbranched alkanes of at least 4 members (excludes halogenated alkanes) is 17. The lowest BCUT2D eigenvalue weighted by Crippen LogP contribution is -2.47. The second-order valence-electron chi connectivity index (χ2n) is 16.8. The lowest BCUT2D eigenvalue weighted by atomic mass is 9.85. The van der Waals surface area contributed by atoms with Gasteiger partial charge in [0.2, 0.25) is 5.60 Å². The molecule has 1 N–H and O–H groups in total. The highest BCUT2D eigenvalue weighted by molar-refractivity contribution is 5.88. The van der Waals surface area contributed by atoms with Gasteiger partial charge in [0.25, 0.3) is 5.56 Å². The van der Waals surface area contributed by atoms with E-state index in [4.69, 9.17) is 23.9 Å². The molecule has 0 saturated heterocycles. The van der Waals surface area contributed by atoms with Gasteiger partial charge in [0.05, 0.1) is 35.6 Å². The van der Waals surface area contributed by atoms with Crippen LogP contribution in [-0.4, -0.2) is 57.9 Å². The van der Waals surface area contributed by atoms with Gasteiger partial charge in [-0.05, 0) is 43.9 Å². The molecule has 3 aromatic rings. The highest BCUT2D eigenvalue weighted by atomic mass is 16.6. The first kappa shape index (κ1) is 47.5. The second kappa shape index (κ2) is 24.8. The molecule has 1 unspecified atom stereocenters. The maximum Gasteiger partial charge on any atom is 0.355 e. The first-order chi connectivity index (χ1) is 29.7. The van der Waals surface area contributed by atoms with Gasteiger partial charge in [0.15, 0.2) is 6.10 Å². The lowest BCUT2D eigenvalue weighted by molar-refractivity contribution is -0.189. The van der Waals surface area contributed by atoms with E-state index in [0.717, 1.165) is 48.6 Å². The number of aliphatic hydroxyl groups excluding tert-OH is 1. The lowest BCUT2D eigenvalue weighted by Gasteiger charge is -2.35. The Morgan fingerprint density at radius 2 is 1.34 bits per heavy atom. The monoisotopic (exact) mass is 844 g/mol. The Hall–Kier alpha value is -4.58. The molecule has 2 aromatic heterocycles. The number of carbonyl (C=O) groups excluding carboxylic acids is 4. The van der Waals surface area contributed by atoms with Gasteiger partial charge in [-0.15, -0.1) is 0 Å². The Labute approximate surface area is 361 Å². The smallest absolute Gasteiger partial charge is 0.355 e. The number of nitrogens with zero attached hydrogens (tertiary/aromatic N) is 2. The highest BCUT2D eigenvalue weighted by Gasteiger charge is 2.50. The summed E-state index contributed by atoms with van der Waals surface area (Å²) in [6.07, 6.45) is 20.4. The number of aromatic nitrogens is 2. The third-order valence-corrected chi connectivity index (χ3v) is 12.1. The average molecular weight is 845 g/mol. The first-order valence-electron chi connectivity index (χ1n) is 23.2. The van der Waals surface area contributed by atoms with Crippen LogP contribution < -0.4 is 5.56 Å². The second-order valence-corrected chi connectivity index (χ2v) is 16.8. The summed E-state index contributed by atoms with van der Waals surface area (Å²) in [6, 6.07) is 11.5. The fourth-order valence-corrected chi connectivity index (χ4v) is 8.49. The number of aliphatic hydroxyl groups is 1. The molecule has 5 rings (SSSR count). The summed E-state index contributed by atoms with van der Waals surface area (Å²) < 4.78 is 23.7. The predicted octanol–water partition coefficient (Wildman–Crippen LogP) is 9.68. The number of para-hydroxylation sites is 1. The number of ether oxygens (including phenoxy) is 4. The van der Waals surface area contributed by atoms with Crippen LogP contribution in [0.15, 0.2) is 41.2 Å². The fraction of sp³-hybridized carbons (Fsp3) is 0.633. The molecule has 61 heavy (non-hydrogen) atoms. The summed E-state index contributed by atoms with van der Waals surface area (Å²) in [5.74, 6) is -2.07. The zero-order valence-electron chi connectivity index (χ0n) is 36.6. The van der Waals surface area contributed by atoms with Crippen LogP contribution in [0.25, 0.3) is 22.3 Å². The number of cyclic esters (lactones) is 1. The van der Waals surface area contributed by atoms with Gasteiger partial charge in [-0.1, -0.05) is 135 Å². The van der Waals surface area contributed by atoms with E-state index >= 15 is 0 Å². The number of fused-ring (bicyclic) bond motifs is 5. The van der Waals surface area contributed by atoms with E-state index in [1.165, 1.54) is 70.6 Å². The molecular formula is C49H68N2O10. The molecule has 4 heterocycles. The van der Waals surface area contributed by atoms with Gasteiger partial charge in [-0.25, -0.2) is 9.78 Å². The number of pyridine rings is 2. The molecule has 0 amide bonds. The van der Waals surface area contributed by atoms with Crippen molar-refractivity contribution in [3.05, 3.63) is 63.4 Å². The Morgan fingerprint density at radius 3 is 1.95 bits per heavy atom. The van der Waals surface area contributed by atoms with Gasteiger partial charge in [-0.2, -0.15) is 0 Å². The molecule has 12 nitrogen and oxygen atoms in total. The van der Waals surface area contributed by atoms with E-state index in [9.17, 15) is 29.1 Å². The van der Waals surface area contributed by atoms with E-state index in [0.29, 0.717) is 54.7 Å². The molecule has 0 radical (unpaired) electrons. The number of carbonyl (C=O) groups is 4. The molecule has 0 saturated carbocycles. The van der Waals surface area contributed by atoms with Gasteiger partial charge < -0.3 is 28.6 Å². The summed E-state index contributed by atoms with van der Waals surface area (Å²) in [4.78, 5) is 69.8. The standard InChI is InChI=1S/C49H68N2O10/c1-3-5-6-7-8-9-10-11-12-13-14-15-17-20-27-43(53)58-34-38(33-52)60-44(54)28-21-18-16-19-22-29-45(55)61-49(4-2)40-31-42-46-37(30-36-25-23-24-26-41(36)50-46)32-51(42)47(56)39(40)35-59-48(49)57/h23-26,30-31,38,52H,3-22,27-29,32-35H2,1-2H3/t38?,49-/m0/s1. The van der Waals surface area contributed by atoms with Crippen molar-refractivity contribution in [1.29, 1.82) is 0 Å². The van der Waals surface area contributed by atoms with E-state index in [1.54, 1.807) is 17.6 Å². The molecule has 334 valence electrons. The van der Waals surface area contributed by atoms with Crippen molar-refractivity contribution in [2.75, 3.05) is 13.2 Å². The van der Waals surface area contributed by atoms with E-state index in [1.807, 2.05) is 30.3 Å². The molecule has 0 fully saturated rings. The SMILES string of the molecule is CCCCCCCCCCCCCCCCC(=O)OCC(CO)OC(=O)CCCCCCCC(=O)O[C@]1(CC)C(=O)OCc2c1cc1n(c2=O)Cc2cc3ccccc3nc2-1. The third-order valence-electron chi connectivity index (χ3n) is 12.1. The summed E-state index contributed by atoms with van der Waals surface area (Å²) in [6.45, 7) is 3.54. The van der Waals surface area contributed by atoms with Crippen LogP contribution in [0.5, 0.6) is 0 Å². The third kappa shape index (κ3) is 13.5.